The molecule has 2 N–H and O–H groups in total. The molecule has 1 heterocycles. The molecule has 0 saturated heterocycles. The lowest BCUT2D eigenvalue weighted by Crippen LogP contribution is -2.17. The standard InChI is InChI=1S/C8H8N2O3/c1-13-8(12)7(11)6-4-5(9)2-3-10-6/h2-4H,1H3,(H2,9,10). The summed E-state index contributed by atoms with van der Waals surface area (Å²) < 4.78 is 4.24. The number of ether oxygens (including phenoxy) is 1. The summed E-state index contributed by atoms with van der Waals surface area (Å²) in [6.45, 7) is 0. The van der Waals surface area contributed by atoms with E-state index in [1.54, 1.807) is 0 Å². The second-order valence-corrected chi connectivity index (χ2v) is 2.30. The van der Waals surface area contributed by atoms with Gasteiger partial charge in [0.25, 0.3) is 5.78 Å². The summed E-state index contributed by atoms with van der Waals surface area (Å²) in [5, 5.41) is 0. The zero-order chi connectivity index (χ0) is 9.84. The van der Waals surface area contributed by atoms with E-state index >= 15 is 0 Å². The first-order valence-corrected chi connectivity index (χ1v) is 3.49. The van der Waals surface area contributed by atoms with Crippen LogP contribution in [0, 0.1) is 0 Å². The number of nitrogens with zero attached hydrogens (tertiary/aromatic N) is 1. The largest absolute Gasteiger partial charge is 0.463 e. The number of anilines is 1. The molecule has 68 valence electrons. The van der Waals surface area contributed by atoms with Gasteiger partial charge in [-0.15, -0.1) is 0 Å². The van der Waals surface area contributed by atoms with Gasteiger partial charge < -0.3 is 10.5 Å². The second-order valence-electron chi connectivity index (χ2n) is 2.30. The lowest BCUT2D eigenvalue weighted by Gasteiger charge is -1.98. The molecule has 5 heteroatoms. The smallest absolute Gasteiger partial charge is 0.381 e. The molecule has 0 atom stereocenters. The van der Waals surface area contributed by atoms with Gasteiger partial charge in [0, 0.05) is 11.9 Å². The molecule has 0 unspecified atom stereocenters. The van der Waals surface area contributed by atoms with Gasteiger partial charge in [-0.1, -0.05) is 0 Å². The van der Waals surface area contributed by atoms with E-state index in [0.717, 1.165) is 7.11 Å². The lowest BCUT2D eigenvalue weighted by molar-refractivity contribution is -0.135. The fourth-order valence-electron chi connectivity index (χ4n) is 0.768. The van der Waals surface area contributed by atoms with Crippen LogP contribution in [0.2, 0.25) is 0 Å². The van der Waals surface area contributed by atoms with Crippen LogP contribution in [0.25, 0.3) is 0 Å². The Balaban J connectivity index is 2.95. The highest BCUT2D eigenvalue weighted by Crippen LogP contribution is 2.04. The van der Waals surface area contributed by atoms with Crippen molar-refractivity contribution < 1.29 is 14.3 Å². The highest BCUT2D eigenvalue weighted by atomic mass is 16.5. The molecule has 0 bridgehead atoms. The zero-order valence-corrected chi connectivity index (χ0v) is 6.98. The molecule has 0 radical (unpaired) electrons. The summed E-state index contributed by atoms with van der Waals surface area (Å²) in [6.07, 6.45) is 1.35. The summed E-state index contributed by atoms with van der Waals surface area (Å²) in [7, 11) is 1.13. The third kappa shape index (κ3) is 2.02. The summed E-state index contributed by atoms with van der Waals surface area (Å²) in [4.78, 5) is 25.6. The van der Waals surface area contributed by atoms with Crippen molar-refractivity contribution in [3.05, 3.63) is 24.0 Å². The molecule has 0 aliphatic carbocycles. The number of aromatic nitrogens is 1. The molecule has 1 aromatic rings. The zero-order valence-electron chi connectivity index (χ0n) is 6.98. The van der Waals surface area contributed by atoms with Crippen LogP contribution in [0.4, 0.5) is 5.69 Å². The number of Topliss-reactive ketones (excluding diaryl/α,β-unsaturated/α-hetero) is 1. The van der Waals surface area contributed by atoms with E-state index in [1.165, 1.54) is 18.3 Å². The van der Waals surface area contributed by atoms with Gasteiger partial charge in [0.05, 0.1) is 7.11 Å². The maximum atomic E-state index is 11.1. The average Bonchev–Trinajstić information content (AvgIpc) is 2.15. The van der Waals surface area contributed by atoms with Crippen molar-refractivity contribution in [2.45, 2.75) is 0 Å². The van der Waals surface area contributed by atoms with Gasteiger partial charge in [0.15, 0.2) is 0 Å². The normalized spacial score (nSPS) is 9.31. The number of rotatable bonds is 2. The number of methoxy groups -OCH3 is 1. The first kappa shape index (κ1) is 9.18. The van der Waals surface area contributed by atoms with E-state index in [0.29, 0.717) is 5.69 Å². The van der Waals surface area contributed by atoms with Crippen LogP contribution >= 0.6 is 0 Å². The molecule has 0 aliphatic rings. The van der Waals surface area contributed by atoms with Gasteiger partial charge in [-0.05, 0) is 12.1 Å². The molecule has 0 saturated carbocycles. The quantitative estimate of drug-likeness (QED) is 0.394. The Labute approximate surface area is 74.5 Å². The monoisotopic (exact) mass is 180 g/mol. The van der Waals surface area contributed by atoms with Crippen molar-refractivity contribution >= 4 is 17.4 Å². The topological polar surface area (TPSA) is 82.3 Å². The predicted octanol–water partition coefficient (Wildman–Crippen LogP) is 0.0195. The number of nitrogens with two attached hydrogens (primary N) is 1. The maximum Gasteiger partial charge on any atom is 0.381 e. The number of hydrogen-bond acceptors (Lipinski definition) is 5. The van der Waals surface area contributed by atoms with E-state index in [-0.39, 0.29) is 5.69 Å². The van der Waals surface area contributed by atoms with Crippen molar-refractivity contribution in [1.82, 2.24) is 4.98 Å². The molecule has 1 aromatic heterocycles. The molecule has 0 aromatic carbocycles. The van der Waals surface area contributed by atoms with Crippen LogP contribution in [-0.4, -0.2) is 23.8 Å². The minimum Gasteiger partial charge on any atom is -0.463 e. The molecule has 5 nitrogen and oxygen atoms in total. The number of ketones is 1. The summed E-state index contributed by atoms with van der Waals surface area (Å²) in [6, 6.07) is 2.84. The number of nitrogen functional groups attached to an aromatic ring is 1. The summed E-state index contributed by atoms with van der Waals surface area (Å²) in [5.41, 5.74) is 5.76. The van der Waals surface area contributed by atoms with Gasteiger partial charge in [-0.2, -0.15) is 0 Å². The van der Waals surface area contributed by atoms with E-state index in [9.17, 15) is 9.59 Å². The third-order valence-electron chi connectivity index (χ3n) is 1.39. The molecule has 0 spiro atoms. The van der Waals surface area contributed by atoms with Gasteiger partial charge in [-0.25, -0.2) is 4.79 Å². The van der Waals surface area contributed by atoms with E-state index < -0.39 is 11.8 Å². The van der Waals surface area contributed by atoms with Gasteiger partial charge >= 0.3 is 5.97 Å². The number of hydrogen-bond donors (Lipinski definition) is 1. The lowest BCUT2D eigenvalue weighted by atomic mass is 10.2. The predicted molar refractivity (Wildman–Crippen MR) is 45.0 cm³/mol. The Morgan fingerprint density at radius 1 is 1.54 bits per heavy atom. The highest BCUT2D eigenvalue weighted by Gasteiger charge is 2.17. The number of pyridine rings is 1. The van der Waals surface area contributed by atoms with Crippen molar-refractivity contribution in [3.63, 3.8) is 0 Å². The van der Waals surface area contributed by atoms with Crippen LogP contribution in [0.15, 0.2) is 18.3 Å². The van der Waals surface area contributed by atoms with E-state index in [2.05, 4.69) is 9.72 Å². The fourth-order valence-corrected chi connectivity index (χ4v) is 0.768. The molecule has 0 fully saturated rings. The Morgan fingerprint density at radius 2 is 2.23 bits per heavy atom. The van der Waals surface area contributed by atoms with Crippen LogP contribution in [0.5, 0.6) is 0 Å². The third-order valence-corrected chi connectivity index (χ3v) is 1.39. The SMILES string of the molecule is COC(=O)C(=O)c1cc(N)ccn1. The number of esters is 1. The number of carbonyl (C=O) groups is 2. The minimum absolute atomic E-state index is 0.00755. The molecular weight excluding hydrogens is 172 g/mol. The van der Waals surface area contributed by atoms with Crippen molar-refractivity contribution in [2.75, 3.05) is 12.8 Å². The van der Waals surface area contributed by atoms with Crippen LogP contribution in [0.3, 0.4) is 0 Å². The van der Waals surface area contributed by atoms with Crippen LogP contribution in [-0.2, 0) is 9.53 Å². The van der Waals surface area contributed by atoms with Gasteiger partial charge in [0.2, 0.25) is 0 Å². The molecule has 13 heavy (non-hydrogen) atoms. The van der Waals surface area contributed by atoms with E-state index in [4.69, 9.17) is 5.73 Å². The summed E-state index contributed by atoms with van der Waals surface area (Å²) >= 11 is 0. The molecule has 1 rings (SSSR count). The van der Waals surface area contributed by atoms with Crippen molar-refractivity contribution in [3.8, 4) is 0 Å². The van der Waals surface area contributed by atoms with E-state index in [1.807, 2.05) is 0 Å². The second kappa shape index (κ2) is 3.66. The first-order valence-electron chi connectivity index (χ1n) is 3.49. The van der Waals surface area contributed by atoms with Crippen LogP contribution < -0.4 is 5.73 Å². The highest BCUT2D eigenvalue weighted by molar-refractivity contribution is 6.40. The molecule has 0 amide bonds. The van der Waals surface area contributed by atoms with Gasteiger partial charge in [0.1, 0.15) is 5.69 Å². The Bertz CT molecular complexity index is 349. The maximum absolute atomic E-state index is 11.1. The summed E-state index contributed by atoms with van der Waals surface area (Å²) in [5.74, 6) is -1.74. The molecule has 0 aliphatic heterocycles. The van der Waals surface area contributed by atoms with Crippen LogP contribution in [0.1, 0.15) is 10.5 Å². The van der Waals surface area contributed by atoms with Crippen molar-refractivity contribution in [2.24, 2.45) is 0 Å². The first-order chi connectivity index (χ1) is 6.15. The minimum atomic E-state index is -0.946. The fraction of sp³-hybridized carbons (Fsp3) is 0.125. The van der Waals surface area contributed by atoms with Crippen molar-refractivity contribution in [1.29, 1.82) is 0 Å². The Hall–Kier alpha value is -1.91. The average molecular weight is 180 g/mol. The molecular formula is C8H8N2O3. The Kier molecular flexibility index (Phi) is 2.59. The Morgan fingerprint density at radius 3 is 2.77 bits per heavy atom. The number of carbonyl (C=O) groups excluding carboxylic acids is 2. The van der Waals surface area contributed by atoms with Gasteiger partial charge in [-0.3, -0.25) is 9.78 Å².